The molecule has 0 amide bonds. The summed E-state index contributed by atoms with van der Waals surface area (Å²) in [5.41, 5.74) is 0.601. The van der Waals surface area contributed by atoms with Gasteiger partial charge < -0.3 is 9.84 Å². The minimum atomic E-state index is -0.885. The molecular weight excluding hydrogens is 346 g/mol. The molecule has 0 aliphatic rings. The Kier molecular flexibility index (Phi) is 5.16. The molecule has 134 valence electrons. The summed E-state index contributed by atoms with van der Waals surface area (Å²) in [6, 6.07) is 9.57. The van der Waals surface area contributed by atoms with Crippen molar-refractivity contribution >= 4 is 5.97 Å². The number of carbonyl (C=O) groups is 1. The van der Waals surface area contributed by atoms with E-state index in [4.69, 9.17) is 9.84 Å². The summed E-state index contributed by atoms with van der Waals surface area (Å²) >= 11 is 0. The van der Waals surface area contributed by atoms with Gasteiger partial charge in [0.2, 0.25) is 5.82 Å². The summed E-state index contributed by atoms with van der Waals surface area (Å²) in [6.45, 7) is 0.331. The van der Waals surface area contributed by atoms with Crippen molar-refractivity contribution < 1.29 is 23.4 Å². The molecule has 26 heavy (non-hydrogen) atoms. The van der Waals surface area contributed by atoms with Crippen LogP contribution in [-0.4, -0.2) is 31.3 Å². The fourth-order valence-corrected chi connectivity index (χ4v) is 2.25. The van der Waals surface area contributed by atoms with Crippen LogP contribution in [0, 0.1) is 11.6 Å². The topological polar surface area (TPSA) is 90.1 Å². The first-order valence-electron chi connectivity index (χ1n) is 7.73. The number of hydrogen-bond acceptors (Lipinski definition) is 5. The Labute approximate surface area is 146 Å². The number of halogens is 2. The number of ether oxygens (including phenoxy) is 1. The van der Waals surface area contributed by atoms with Crippen molar-refractivity contribution in [1.29, 1.82) is 0 Å². The lowest BCUT2D eigenvalue weighted by Crippen LogP contribution is -2.05. The third kappa shape index (κ3) is 4.59. The highest BCUT2D eigenvalue weighted by molar-refractivity contribution is 5.66. The lowest BCUT2D eigenvalue weighted by atomic mass is 10.2. The van der Waals surface area contributed by atoms with E-state index in [0.717, 1.165) is 18.2 Å². The van der Waals surface area contributed by atoms with E-state index >= 15 is 0 Å². The van der Waals surface area contributed by atoms with Crippen LogP contribution in [0.2, 0.25) is 0 Å². The van der Waals surface area contributed by atoms with Gasteiger partial charge in [0.25, 0.3) is 0 Å². The first-order chi connectivity index (χ1) is 12.5. The molecule has 3 aromatic rings. The van der Waals surface area contributed by atoms with E-state index in [1.165, 1.54) is 4.80 Å². The molecule has 2 aromatic carbocycles. The number of nitrogens with zero attached hydrogens (tertiary/aromatic N) is 4. The zero-order valence-electron chi connectivity index (χ0n) is 13.5. The molecule has 0 aliphatic carbocycles. The van der Waals surface area contributed by atoms with Crippen molar-refractivity contribution in [3.63, 3.8) is 0 Å². The standard InChI is InChI=1S/C17H14F2N4O3/c18-12-8-13(19)10-15(9-12)26-14-4-1-3-11(7-14)17-20-22-23(21-17)6-2-5-16(24)25/h1,3-4,7-10H,2,5-6H2,(H,24,25). The van der Waals surface area contributed by atoms with Crippen LogP contribution in [0.15, 0.2) is 42.5 Å². The number of aliphatic carboxylic acids is 1. The van der Waals surface area contributed by atoms with Gasteiger partial charge in [-0.15, -0.1) is 10.2 Å². The smallest absolute Gasteiger partial charge is 0.303 e. The number of carboxylic acid groups (broad SMARTS) is 1. The van der Waals surface area contributed by atoms with Crippen LogP contribution in [0.5, 0.6) is 11.5 Å². The Morgan fingerprint density at radius 1 is 1.12 bits per heavy atom. The fraction of sp³-hybridized carbons (Fsp3) is 0.176. The Morgan fingerprint density at radius 2 is 1.88 bits per heavy atom. The lowest BCUT2D eigenvalue weighted by molar-refractivity contribution is -0.137. The predicted octanol–water partition coefficient (Wildman–Crippen LogP) is 3.28. The molecule has 0 spiro atoms. The van der Waals surface area contributed by atoms with Crippen molar-refractivity contribution in [2.75, 3.05) is 0 Å². The number of rotatable bonds is 7. The maximum Gasteiger partial charge on any atom is 0.303 e. The third-order valence-corrected chi connectivity index (χ3v) is 3.37. The average molecular weight is 360 g/mol. The molecule has 1 N–H and O–H groups in total. The minimum absolute atomic E-state index is 0.0182. The molecule has 0 radical (unpaired) electrons. The maximum absolute atomic E-state index is 13.2. The summed E-state index contributed by atoms with van der Waals surface area (Å²) in [4.78, 5) is 11.8. The normalized spacial score (nSPS) is 10.7. The zero-order chi connectivity index (χ0) is 18.5. The average Bonchev–Trinajstić information content (AvgIpc) is 3.03. The highest BCUT2D eigenvalue weighted by Crippen LogP contribution is 2.26. The van der Waals surface area contributed by atoms with Crippen LogP contribution in [0.1, 0.15) is 12.8 Å². The zero-order valence-corrected chi connectivity index (χ0v) is 13.5. The fourth-order valence-electron chi connectivity index (χ4n) is 2.25. The van der Waals surface area contributed by atoms with E-state index in [9.17, 15) is 13.6 Å². The van der Waals surface area contributed by atoms with E-state index in [2.05, 4.69) is 15.4 Å². The van der Waals surface area contributed by atoms with Gasteiger partial charge in [0.15, 0.2) is 0 Å². The molecule has 7 nitrogen and oxygen atoms in total. The number of carboxylic acids is 1. The van der Waals surface area contributed by atoms with Gasteiger partial charge in [-0.05, 0) is 23.8 Å². The molecule has 0 saturated carbocycles. The van der Waals surface area contributed by atoms with Crippen molar-refractivity contribution in [2.45, 2.75) is 19.4 Å². The van der Waals surface area contributed by atoms with Crippen molar-refractivity contribution in [2.24, 2.45) is 0 Å². The molecule has 0 saturated heterocycles. The molecule has 0 bridgehead atoms. The highest BCUT2D eigenvalue weighted by atomic mass is 19.1. The van der Waals surface area contributed by atoms with Crippen molar-refractivity contribution in [3.05, 3.63) is 54.1 Å². The number of aromatic nitrogens is 4. The molecule has 1 heterocycles. The summed E-state index contributed by atoms with van der Waals surface area (Å²) in [7, 11) is 0. The Bertz CT molecular complexity index is 910. The maximum atomic E-state index is 13.2. The number of hydrogen-bond donors (Lipinski definition) is 1. The summed E-state index contributed by atoms with van der Waals surface area (Å²) in [5.74, 6) is -1.64. The molecule has 0 fully saturated rings. The Morgan fingerprint density at radius 3 is 2.62 bits per heavy atom. The Balaban J connectivity index is 1.73. The molecule has 3 rings (SSSR count). The van der Waals surface area contributed by atoms with Crippen molar-refractivity contribution in [3.8, 4) is 22.9 Å². The van der Waals surface area contributed by atoms with Gasteiger partial charge >= 0.3 is 5.97 Å². The quantitative estimate of drug-likeness (QED) is 0.695. The van der Waals surface area contributed by atoms with E-state index in [0.29, 0.717) is 30.1 Å². The first-order valence-corrected chi connectivity index (χ1v) is 7.73. The van der Waals surface area contributed by atoms with Gasteiger partial charge in [0.1, 0.15) is 23.1 Å². The molecule has 1 aromatic heterocycles. The number of aryl methyl sites for hydroxylation is 1. The van der Waals surface area contributed by atoms with Crippen LogP contribution in [0.25, 0.3) is 11.4 Å². The van der Waals surface area contributed by atoms with Crippen LogP contribution >= 0.6 is 0 Å². The van der Waals surface area contributed by atoms with Crippen LogP contribution in [0.3, 0.4) is 0 Å². The third-order valence-electron chi connectivity index (χ3n) is 3.37. The number of benzene rings is 2. The monoisotopic (exact) mass is 360 g/mol. The molecular formula is C17H14F2N4O3. The Hall–Kier alpha value is -3.36. The highest BCUT2D eigenvalue weighted by Gasteiger charge is 2.09. The molecule has 0 unspecified atom stereocenters. The van der Waals surface area contributed by atoms with Crippen LogP contribution < -0.4 is 4.74 Å². The summed E-state index contributed by atoms with van der Waals surface area (Å²) < 4.78 is 32.0. The molecule has 0 atom stereocenters. The first kappa shape index (κ1) is 17.5. The second kappa shape index (κ2) is 7.68. The van der Waals surface area contributed by atoms with Crippen molar-refractivity contribution in [1.82, 2.24) is 20.2 Å². The van der Waals surface area contributed by atoms with E-state index in [1.54, 1.807) is 24.3 Å². The second-order valence-electron chi connectivity index (χ2n) is 5.44. The SMILES string of the molecule is O=C(O)CCCn1nnc(-c2cccc(Oc3cc(F)cc(F)c3)c2)n1. The second-order valence-corrected chi connectivity index (χ2v) is 5.44. The van der Waals surface area contributed by atoms with E-state index in [1.807, 2.05) is 0 Å². The summed E-state index contributed by atoms with van der Waals surface area (Å²) in [6.07, 6.45) is 0.407. The van der Waals surface area contributed by atoms with E-state index < -0.39 is 17.6 Å². The lowest BCUT2D eigenvalue weighted by Gasteiger charge is -2.07. The number of tetrazole rings is 1. The van der Waals surface area contributed by atoms with Crippen LogP contribution in [-0.2, 0) is 11.3 Å². The van der Waals surface area contributed by atoms with E-state index in [-0.39, 0.29) is 12.2 Å². The van der Waals surface area contributed by atoms with Gasteiger partial charge in [-0.25, -0.2) is 8.78 Å². The van der Waals surface area contributed by atoms with Gasteiger partial charge in [-0.1, -0.05) is 12.1 Å². The molecule has 0 aliphatic heterocycles. The largest absolute Gasteiger partial charge is 0.481 e. The molecule has 9 heteroatoms. The predicted molar refractivity (Wildman–Crippen MR) is 86.6 cm³/mol. The van der Waals surface area contributed by atoms with Crippen LogP contribution in [0.4, 0.5) is 8.78 Å². The van der Waals surface area contributed by atoms with Gasteiger partial charge in [-0.2, -0.15) is 4.80 Å². The van der Waals surface area contributed by atoms with Gasteiger partial charge in [0.05, 0.1) is 6.54 Å². The summed E-state index contributed by atoms with van der Waals surface area (Å²) in [5, 5.41) is 20.6. The minimum Gasteiger partial charge on any atom is -0.481 e. The van der Waals surface area contributed by atoms with Gasteiger partial charge in [0, 0.05) is 30.2 Å². The van der Waals surface area contributed by atoms with Gasteiger partial charge in [-0.3, -0.25) is 4.79 Å².